The molecule has 9 heteroatoms. The Morgan fingerprint density at radius 1 is 1.15 bits per heavy atom. The fourth-order valence-electron chi connectivity index (χ4n) is 5.29. The van der Waals surface area contributed by atoms with Crippen LogP contribution in [-0.2, 0) is 15.4 Å². The third kappa shape index (κ3) is 5.03. The van der Waals surface area contributed by atoms with Crippen LogP contribution in [0.2, 0.25) is 10.0 Å². The number of hydrogen-bond donors (Lipinski definition) is 1. The Bertz CT molecular complexity index is 1120. The number of likely N-dealkylation sites (tertiary alicyclic amines) is 1. The molecular weight excluding hydrogens is 484 g/mol. The summed E-state index contributed by atoms with van der Waals surface area (Å²) in [5, 5.41) is 4.39. The Kier molecular flexibility index (Phi) is 7.27. The van der Waals surface area contributed by atoms with Crippen molar-refractivity contribution in [3.8, 4) is 0 Å². The first kappa shape index (κ1) is 24.7. The van der Waals surface area contributed by atoms with E-state index in [1.165, 1.54) is 10.4 Å². The van der Waals surface area contributed by atoms with Crippen molar-refractivity contribution in [2.45, 2.75) is 30.6 Å². The van der Waals surface area contributed by atoms with Gasteiger partial charge in [-0.15, -0.1) is 0 Å². The smallest absolute Gasteiger partial charge is 0.232 e. The maximum Gasteiger partial charge on any atom is 0.232 e. The summed E-state index contributed by atoms with van der Waals surface area (Å²) in [4.78, 5) is 2.42. The van der Waals surface area contributed by atoms with E-state index in [1.54, 1.807) is 6.07 Å². The van der Waals surface area contributed by atoms with Gasteiger partial charge in [0.05, 0.1) is 22.0 Å². The monoisotopic (exact) mass is 513 g/mol. The molecular formula is C24H30Cl2FN3O2S. The Balaban J connectivity index is 1.45. The molecule has 2 heterocycles. The van der Waals surface area contributed by atoms with Crippen LogP contribution in [0.25, 0.3) is 0 Å². The molecule has 4 rings (SSSR count). The molecule has 180 valence electrons. The molecule has 1 atom stereocenters. The second kappa shape index (κ2) is 9.70. The maximum absolute atomic E-state index is 14.6. The highest BCUT2D eigenvalue weighted by Crippen LogP contribution is 2.49. The zero-order valence-corrected chi connectivity index (χ0v) is 21.3. The second-order valence-electron chi connectivity index (χ2n) is 9.24. The second-order valence-corrected chi connectivity index (χ2v) is 12.0. The number of piperidine rings is 1. The van der Waals surface area contributed by atoms with Crippen LogP contribution in [0, 0.1) is 5.82 Å². The van der Waals surface area contributed by atoms with Gasteiger partial charge in [-0.05, 0) is 81.2 Å². The lowest BCUT2D eigenvalue weighted by molar-refractivity contribution is 0.163. The number of likely N-dealkylation sites (N-methyl/N-ethyl adjacent to an activating group) is 1. The van der Waals surface area contributed by atoms with Gasteiger partial charge in [0, 0.05) is 18.5 Å². The van der Waals surface area contributed by atoms with Gasteiger partial charge in [-0.25, -0.2) is 12.8 Å². The summed E-state index contributed by atoms with van der Waals surface area (Å²) in [5.74, 6) is -0.156. The van der Waals surface area contributed by atoms with E-state index in [4.69, 9.17) is 23.2 Å². The average Bonchev–Trinajstić information content (AvgIpc) is 3.10. The van der Waals surface area contributed by atoms with Crippen molar-refractivity contribution in [1.29, 1.82) is 0 Å². The number of benzene rings is 2. The van der Waals surface area contributed by atoms with Crippen molar-refractivity contribution in [2.24, 2.45) is 0 Å². The molecule has 1 spiro atoms. The molecule has 1 fully saturated rings. The van der Waals surface area contributed by atoms with Gasteiger partial charge >= 0.3 is 0 Å². The fraction of sp³-hybridized carbons (Fsp3) is 0.500. The average molecular weight is 514 g/mol. The number of nitrogens with one attached hydrogen (secondary N) is 1. The Morgan fingerprint density at radius 3 is 2.52 bits per heavy atom. The topological polar surface area (TPSA) is 52.6 Å². The zero-order chi connectivity index (χ0) is 23.8. The minimum absolute atomic E-state index is 0.238. The number of sulfonamides is 1. The molecule has 2 aromatic rings. The van der Waals surface area contributed by atoms with Crippen molar-refractivity contribution in [2.75, 3.05) is 50.3 Å². The lowest BCUT2D eigenvalue weighted by Crippen LogP contribution is -2.46. The molecule has 0 aliphatic carbocycles. The summed E-state index contributed by atoms with van der Waals surface area (Å²) >= 11 is 12.3. The summed E-state index contributed by atoms with van der Waals surface area (Å²) in [7, 11) is -1.60. The van der Waals surface area contributed by atoms with E-state index in [9.17, 15) is 12.8 Å². The Hall–Kier alpha value is -1.38. The number of hydrogen-bond acceptors (Lipinski definition) is 4. The fourth-order valence-corrected chi connectivity index (χ4v) is 6.59. The van der Waals surface area contributed by atoms with Gasteiger partial charge in [-0.3, -0.25) is 4.31 Å². The molecule has 1 unspecified atom stereocenters. The maximum atomic E-state index is 14.6. The van der Waals surface area contributed by atoms with Crippen molar-refractivity contribution in [3.05, 3.63) is 63.4 Å². The van der Waals surface area contributed by atoms with Crippen molar-refractivity contribution in [3.63, 3.8) is 0 Å². The van der Waals surface area contributed by atoms with Crippen LogP contribution in [0.1, 0.15) is 36.3 Å². The molecule has 0 bridgehead atoms. The number of anilines is 1. The molecule has 2 aliphatic rings. The first-order chi connectivity index (χ1) is 15.6. The number of rotatable bonds is 7. The quantitative estimate of drug-likeness (QED) is 0.585. The van der Waals surface area contributed by atoms with E-state index in [1.807, 2.05) is 31.3 Å². The molecule has 0 amide bonds. The van der Waals surface area contributed by atoms with Gasteiger partial charge in [-0.2, -0.15) is 0 Å². The van der Waals surface area contributed by atoms with Gasteiger partial charge in [0.25, 0.3) is 0 Å². The van der Waals surface area contributed by atoms with Crippen LogP contribution >= 0.6 is 23.2 Å². The predicted octanol–water partition coefficient (Wildman–Crippen LogP) is 4.64. The lowest BCUT2D eigenvalue weighted by atomic mass is 9.74. The summed E-state index contributed by atoms with van der Waals surface area (Å²) in [6.45, 7) is 3.78. The summed E-state index contributed by atoms with van der Waals surface area (Å²) in [6.07, 6.45) is 3.73. The molecule has 33 heavy (non-hydrogen) atoms. The number of fused-ring (bicyclic) bond motifs is 2. The van der Waals surface area contributed by atoms with Crippen LogP contribution in [0.15, 0.2) is 36.4 Å². The minimum atomic E-state index is -3.54. The van der Waals surface area contributed by atoms with E-state index in [2.05, 4.69) is 10.2 Å². The first-order valence-corrected chi connectivity index (χ1v) is 13.8. The van der Waals surface area contributed by atoms with Gasteiger partial charge < -0.3 is 10.2 Å². The molecule has 2 aromatic carbocycles. The van der Waals surface area contributed by atoms with E-state index in [0.717, 1.165) is 62.8 Å². The largest absolute Gasteiger partial charge is 0.319 e. The van der Waals surface area contributed by atoms with Gasteiger partial charge in [0.1, 0.15) is 5.82 Å². The van der Waals surface area contributed by atoms with E-state index < -0.39 is 15.8 Å². The molecule has 1 saturated heterocycles. The van der Waals surface area contributed by atoms with Crippen LogP contribution < -0.4 is 9.62 Å². The van der Waals surface area contributed by atoms with Crippen LogP contribution in [0.5, 0.6) is 0 Å². The Morgan fingerprint density at radius 2 is 1.88 bits per heavy atom. The van der Waals surface area contributed by atoms with E-state index >= 15 is 0 Å². The van der Waals surface area contributed by atoms with E-state index in [-0.39, 0.29) is 11.1 Å². The summed E-state index contributed by atoms with van der Waals surface area (Å²) in [6, 6.07) is 10.7. The van der Waals surface area contributed by atoms with Gasteiger partial charge in [0.2, 0.25) is 10.0 Å². The van der Waals surface area contributed by atoms with E-state index in [0.29, 0.717) is 22.5 Å². The molecule has 5 nitrogen and oxygen atoms in total. The van der Waals surface area contributed by atoms with Crippen LogP contribution in [-0.4, -0.2) is 59.3 Å². The number of para-hydroxylation sites is 1. The molecule has 0 aromatic heterocycles. The number of halogens is 3. The summed E-state index contributed by atoms with van der Waals surface area (Å²) < 4.78 is 40.7. The Labute approximate surface area is 205 Å². The van der Waals surface area contributed by atoms with Crippen molar-refractivity contribution < 1.29 is 12.8 Å². The summed E-state index contributed by atoms with van der Waals surface area (Å²) in [5.41, 5.74) is 1.90. The van der Waals surface area contributed by atoms with Crippen LogP contribution in [0.3, 0.4) is 0 Å². The van der Waals surface area contributed by atoms with Gasteiger partial charge in [-0.1, -0.05) is 41.4 Å². The molecule has 0 radical (unpaired) electrons. The zero-order valence-electron chi connectivity index (χ0n) is 19.0. The molecule has 1 N–H and O–H groups in total. The third-order valence-electron chi connectivity index (χ3n) is 7.13. The van der Waals surface area contributed by atoms with Crippen LogP contribution in [0.4, 0.5) is 10.1 Å². The van der Waals surface area contributed by atoms with Gasteiger partial charge in [0.15, 0.2) is 0 Å². The van der Waals surface area contributed by atoms with Crippen molar-refractivity contribution >= 4 is 38.9 Å². The third-order valence-corrected chi connectivity index (χ3v) is 8.98. The molecule has 0 saturated carbocycles. The van der Waals surface area contributed by atoms with Crippen molar-refractivity contribution in [1.82, 2.24) is 10.2 Å². The highest BCUT2D eigenvalue weighted by atomic mass is 35.5. The standard InChI is InChI=1S/C24H30Cl2FN3O2S/c1-28-15-18(17-6-7-20(25)21(26)14-17)8-11-29-12-9-24(10-13-29)16-30(33(2,31)32)23-19(24)4-3-5-22(23)27/h3-7,14,18,28H,8-13,15-16H2,1-2H3. The highest BCUT2D eigenvalue weighted by molar-refractivity contribution is 7.92. The SMILES string of the molecule is CNCC(CCN1CCC2(CC1)CN(S(C)(=O)=O)c1c(F)cccc12)c1ccc(Cl)c(Cl)c1. The highest BCUT2D eigenvalue weighted by Gasteiger charge is 2.48. The number of nitrogens with zero attached hydrogens (tertiary/aromatic N) is 2. The lowest BCUT2D eigenvalue weighted by Gasteiger charge is -2.40. The minimum Gasteiger partial charge on any atom is -0.319 e. The predicted molar refractivity (Wildman–Crippen MR) is 134 cm³/mol. The molecule has 2 aliphatic heterocycles. The normalized spacial score (nSPS) is 19.1. The first-order valence-electron chi connectivity index (χ1n) is 11.2.